The number of nitrogens with zero attached hydrogens (tertiary/aromatic N) is 4. The number of carbonyl (C=O) groups is 2. The predicted molar refractivity (Wildman–Crippen MR) is 104 cm³/mol. The Balaban J connectivity index is 2.29. The molecule has 30 heavy (non-hydrogen) atoms. The van der Waals surface area contributed by atoms with Gasteiger partial charge in [-0.1, -0.05) is 11.6 Å². The smallest absolute Gasteiger partial charge is 0.354 e. The SMILES string of the molecule is Cc1c(-c2ncc(Cl)cn2)c(C(=O)N(C)C2CCNC2=O)n(C(C)C)c1C(F)(F)F. The van der Waals surface area contributed by atoms with Crippen LogP contribution in [0.15, 0.2) is 12.4 Å². The first-order valence-corrected chi connectivity index (χ1v) is 9.67. The van der Waals surface area contributed by atoms with E-state index >= 15 is 0 Å². The lowest BCUT2D eigenvalue weighted by atomic mass is 10.1. The molecule has 1 N–H and O–H groups in total. The molecule has 3 rings (SSSR count). The van der Waals surface area contributed by atoms with Gasteiger partial charge < -0.3 is 14.8 Å². The number of nitrogens with one attached hydrogen (secondary N) is 1. The second-order valence-electron chi connectivity index (χ2n) is 7.40. The molecule has 7 nitrogen and oxygen atoms in total. The molecule has 1 aliphatic rings. The fraction of sp³-hybridized carbons (Fsp3) is 0.474. The summed E-state index contributed by atoms with van der Waals surface area (Å²) in [5.74, 6) is -1.10. The van der Waals surface area contributed by atoms with Gasteiger partial charge in [0.1, 0.15) is 17.4 Å². The Kier molecular flexibility index (Phi) is 5.81. The topological polar surface area (TPSA) is 80.1 Å². The van der Waals surface area contributed by atoms with Gasteiger partial charge in [-0.25, -0.2) is 9.97 Å². The van der Waals surface area contributed by atoms with Crippen LogP contribution >= 0.6 is 11.6 Å². The van der Waals surface area contributed by atoms with E-state index in [0.717, 1.165) is 4.57 Å². The zero-order valence-corrected chi connectivity index (χ0v) is 17.6. The molecule has 2 aromatic heterocycles. The van der Waals surface area contributed by atoms with Crippen molar-refractivity contribution in [2.24, 2.45) is 0 Å². The first-order chi connectivity index (χ1) is 13.9. The summed E-state index contributed by atoms with van der Waals surface area (Å²) in [5.41, 5.74) is -1.34. The van der Waals surface area contributed by atoms with Gasteiger partial charge in [-0.15, -0.1) is 0 Å². The van der Waals surface area contributed by atoms with Gasteiger partial charge in [-0.2, -0.15) is 13.2 Å². The number of amides is 2. The molecule has 1 unspecified atom stereocenters. The first-order valence-electron chi connectivity index (χ1n) is 9.29. The van der Waals surface area contributed by atoms with Crippen molar-refractivity contribution in [3.05, 3.63) is 34.4 Å². The highest BCUT2D eigenvalue weighted by molar-refractivity contribution is 6.30. The lowest BCUT2D eigenvalue weighted by molar-refractivity contribution is -0.144. The van der Waals surface area contributed by atoms with E-state index in [2.05, 4.69) is 15.3 Å². The molecule has 162 valence electrons. The second-order valence-corrected chi connectivity index (χ2v) is 7.83. The van der Waals surface area contributed by atoms with Crippen LogP contribution in [-0.2, 0) is 11.0 Å². The molecule has 0 saturated carbocycles. The molecular weight excluding hydrogens is 423 g/mol. The Morgan fingerprint density at radius 1 is 1.33 bits per heavy atom. The maximum atomic E-state index is 14.0. The number of aromatic nitrogens is 3. The summed E-state index contributed by atoms with van der Waals surface area (Å²) in [5, 5.41) is 2.84. The maximum absolute atomic E-state index is 14.0. The number of hydrogen-bond donors (Lipinski definition) is 1. The Hall–Kier alpha value is -2.62. The van der Waals surface area contributed by atoms with Crippen molar-refractivity contribution in [1.29, 1.82) is 0 Å². The highest BCUT2D eigenvalue weighted by Gasteiger charge is 2.43. The summed E-state index contributed by atoms with van der Waals surface area (Å²) in [6.45, 7) is 4.79. The molecule has 2 aromatic rings. The first kappa shape index (κ1) is 22.1. The van der Waals surface area contributed by atoms with Crippen LogP contribution in [0.4, 0.5) is 13.2 Å². The van der Waals surface area contributed by atoms with Crippen molar-refractivity contribution in [2.45, 2.75) is 45.5 Å². The monoisotopic (exact) mass is 443 g/mol. The molecule has 11 heteroatoms. The van der Waals surface area contributed by atoms with E-state index < -0.39 is 29.9 Å². The predicted octanol–water partition coefficient (Wildman–Crippen LogP) is 3.47. The molecular formula is C19H21ClF3N5O2. The molecule has 1 aliphatic heterocycles. The fourth-order valence-corrected chi connectivity index (χ4v) is 3.86. The van der Waals surface area contributed by atoms with Gasteiger partial charge in [-0.05, 0) is 32.8 Å². The van der Waals surface area contributed by atoms with Gasteiger partial charge in [0.2, 0.25) is 5.91 Å². The lowest BCUT2D eigenvalue weighted by Crippen LogP contribution is -2.42. The van der Waals surface area contributed by atoms with Crippen LogP contribution in [0.3, 0.4) is 0 Å². The molecule has 0 aliphatic carbocycles. The number of likely N-dealkylation sites (N-methyl/N-ethyl adjacent to an activating group) is 1. The van der Waals surface area contributed by atoms with Crippen LogP contribution in [-0.4, -0.2) is 50.9 Å². The van der Waals surface area contributed by atoms with Gasteiger partial charge in [0, 0.05) is 32.0 Å². The average Bonchev–Trinajstić information content (AvgIpc) is 3.22. The Morgan fingerprint density at radius 3 is 2.40 bits per heavy atom. The second kappa shape index (κ2) is 7.90. The Morgan fingerprint density at radius 2 is 1.93 bits per heavy atom. The molecule has 1 atom stereocenters. The minimum Gasteiger partial charge on any atom is -0.354 e. The van der Waals surface area contributed by atoms with E-state index in [0.29, 0.717) is 13.0 Å². The summed E-state index contributed by atoms with van der Waals surface area (Å²) in [7, 11) is 1.41. The molecule has 0 bridgehead atoms. The molecule has 3 heterocycles. The standard InChI is InChI=1S/C19H21ClF3N5O2/c1-9(2)28-14(18(30)27(4)12-5-6-24-17(12)29)13(10(3)15(28)19(21,22)23)16-25-7-11(20)8-26-16/h7-9,12H,5-6H2,1-4H3,(H,24,29). The molecule has 2 amide bonds. The highest BCUT2D eigenvalue weighted by atomic mass is 35.5. The summed E-state index contributed by atoms with van der Waals surface area (Å²) < 4.78 is 42.9. The van der Waals surface area contributed by atoms with E-state index in [1.54, 1.807) is 13.8 Å². The third-order valence-electron chi connectivity index (χ3n) is 5.09. The summed E-state index contributed by atoms with van der Waals surface area (Å²) in [6, 6.07) is -1.45. The zero-order chi connectivity index (χ0) is 22.4. The number of alkyl halides is 3. The van der Waals surface area contributed by atoms with E-state index in [-0.39, 0.29) is 33.6 Å². The molecule has 0 aromatic carbocycles. The zero-order valence-electron chi connectivity index (χ0n) is 16.8. The third-order valence-corrected chi connectivity index (χ3v) is 5.28. The third kappa shape index (κ3) is 3.76. The van der Waals surface area contributed by atoms with Crippen molar-refractivity contribution in [3.8, 4) is 11.4 Å². The molecule has 0 spiro atoms. The minimum absolute atomic E-state index is 0.0250. The van der Waals surface area contributed by atoms with E-state index in [1.165, 1.54) is 31.3 Å². The van der Waals surface area contributed by atoms with Gasteiger partial charge in [-0.3, -0.25) is 9.59 Å². The molecule has 1 fully saturated rings. The van der Waals surface area contributed by atoms with Crippen LogP contribution in [0.5, 0.6) is 0 Å². The van der Waals surface area contributed by atoms with Crippen LogP contribution in [0.2, 0.25) is 5.02 Å². The van der Waals surface area contributed by atoms with Crippen LogP contribution in [0.25, 0.3) is 11.4 Å². The van der Waals surface area contributed by atoms with E-state index in [1.807, 2.05) is 0 Å². The molecule has 0 radical (unpaired) electrons. The van der Waals surface area contributed by atoms with E-state index in [4.69, 9.17) is 11.6 Å². The van der Waals surface area contributed by atoms with Crippen LogP contribution in [0.1, 0.15) is 48.1 Å². The van der Waals surface area contributed by atoms with Gasteiger partial charge >= 0.3 is 6.18 Å². The summed E-state index contributed by atoms with van der Waals surface area (Å²) >= 11 is 5.82. The van der Waals surface area contributed by atoms with E-state index in [9.17, 15) is 22.8 Å². The van der Waals surface area contributed by atoms with Crippen molar-refractivity contribution < 1.29 is 22.8 Å². The fourth-order valence-electron chi connectivity index (χ4n) is 3.76. The van der Waals surface area contributed by atoms with Crippen molar-refractivity contribution in [3.63, 3.8) is 0 Å². The molecule has 1 saturated heterocycles. The largest absolute Gasteiger partial charge is 0.431 e. The highest BCUT2D eigenvalue weighted by Crippen LogP contribution is 2.42. The van der Waals surface area contributed by atoms with Crippen molar-refractivity contribution >= 4 is 23.4 Å². The number of hydrogen-bond acceptors (Lipinski definition) is 4. The van der Waals surface area contributed by atoms with Gasteiger partial charge in [0.15, 0.2) is 5.82 Å². The van der Waals surface area contributed by atoms with Crippen molar-refractivity contribution in [1.82, 2.24) is 24.8 Å². The normalized spacial score (nSPS) is 16.8. The average molecular weight is 444 g/mol. The number of carbonyl (C=O) groups excluding carboxylic acids is 2. The van der Waals surface area contributed by atoms with Crippen LogP contribution in [0, 0.1) is 6.92 Å². The van der Waals surface area contributed by atoms with Gasteiger partial charge in [0.05, 0.1) is 10.6 Å². The Bertz CT molecular complexity index is 986. The van der Waals surface area contributed by atoms with Gasteiger partial charge in [0.25, 0.3) is 5.91 Å². The Labute approximate surface area is 176 Å². The number of rotatable bonds is 4. The summed E-state index contributed by atoms with van der Waals surface area (Å²) in [4.78, 5) is 34.8. The quantitative estimate of drug-likeness (QED) is 0.784. The summed E-state index contributed by atoms with van der Waals surface area (Å²) in [6.07, 6.45) is -1.82. The lowest BCUT2D eigenvalue weighted by Gasteiger charge is -2.25. The van der Waals surface area contributed by atoms with Crippen LogP contribution < -0.4 is 5.32 Å². The maximum Gasteiger partial charge on any atom is 0.431 e. The van der Waals surface area contributed by atoms with Crippen molar-refractivity contribution in [2.75, 3.05) is 13.6 Å². The number of halogens is 4. The minimum atomic E-state index is -4.71.